The number of aliphatic hydroxyl groups is 2. The average molecular weight is 421 g/mol. The van der Waals surface area contributed by atoms with E-state index in [1.54, 1.807) is 19.1 Å². The van der Waals surface area contributed by atoms with Crippen molar-refractivity contribution in [1.82, 2.24) is 0 Å². The van der Waals surface area contributed by atoms with Crippen LogP contribution in [0.2, 0.25) is 0 Å². The number of aliphatic hydroxyl groups excluding tert-OH is 2. The number of carbonyl (C=O) groups excluding carboxylic acids is 1. The molecule has 1 aromatic rings. The van der Waals surface area contributed by atoms with Gasteiger partial charge in [0.15, 0.2) is 0 Å². The van der Waals surface area contributed by atoms with Crippen LogP contribution in [0.25, 0.3) is 0 Å². The minimum absolute atomic E-state index is 0.291. The number of hydrogen-bond donors (Lipinski definition) is 3. The summed E-state index contributed by atoms with van der Waals surface area (Å²) < 4.78 is 10.8. The minimum Gasteiger partial charge on any atom is -0.416 e. The van der Waals surface area contributed by atoms with Crippen molar-refractivity contribution in [1.29, 1.82) is 0 Å². The fraction of sp³-hybridized carbons (Fsp3) is 0.533. The maximum Gasteiger partial charge on any atom is 0.414 e. The highest BCUT2D eigenvalue weighted by atomic mass is 127. The Morgan fingerprint density at radius 3 is 2.64 bits per heavy atom. The molecule has 1 aromatic carbocycles. The number of carbonyl (C=O) groups is 1. The Kier molecular flexibility index (Phi) is 6.01. The number of nitrogens with one attached hydrogen (secondary N) is 1. The summed E-state index contributed by atoms with van der Waals surface area (Å²) in [6.45, 7) is 3.82. The lowest BCUT2D eigenvalue weighted by Crippen LogP contribution is -2.49. The number of halogens is 1. The first-order chi connectivity index (χ1) is 10.4. The van der Waals surface area contributed by atoms with E-state index >= 15 is 0 Å². The lowest BCUT2D eigenvalue weighted by atomic mass is 10.0. The lowest BCUT2D eigenvalue weighted by Gasteiger charge is -2.34. The first kappa shape index (κ1) is 17.5. The molecule has 6 nitrogen and oxygen atoms in total. The predicted molar refractivity (Wildman–Crippen MR) is 89.9 cm³/mol. The van der Waals surface area contributed by atoms with Gasteiger partial charge in [0.1, 0.15) is 6.10 Å². The normalized spacial score (nSPS) is 29.7. The highest BCUT2D eigenvalue weighted by Gasteiger charge is 2.37. The summed E-state index contributed by atoms with van der Waals surface area (Å²) in [5.74, 6) is 0. The molecule has 122 valence electrons. The van der Waals surface area contributed by atoms with Crippen LogP contribution in [0.4, 0.5) is 10.5 Å². The van der Waals surface area contributed by atoms with E-state index in [1.807, 2.05) is 12.1 Å². The number of anilines is 1. The van der Waals surface area contributed by atoms with Gasteiger partial charge >= 0.3 is 6.09 Å². The number of ether oxygens (including phenoxy) is 2. The van der Waals surface area contributed by atoms with Gasteiger partial charge in [-0.25, -0.2) is 4.79 Å². The number of alkyl halides is 1. The van der Waals surface area contributed by atoms with Gasteiger partial charge in [0.25, 0.3) is 0 Å². The zero-order chi connectivity index (χ0) is 16.3. The third-order valence-electron chi connectivity index (χ3n) is 3.45. The Balaban J connectivity index is 1.92. The molecule has 1 amide bonds. The number of rotatable bonds is 3. The number of hydrogen-bond acceptors (Lipinski definition) is 5. The van der Waals surface area contributed by atoms with Gasteiger partial charge in [0.05, 0.1) is 12.2 Å². The highest BCUT2D eigenvalue weighted by Crippen LogP contribution is 2.24. The summed E-state index contributed by atoms with van der Waals surface area (Å²) in [5.41, 5.74) is 1.74. The molecule has 0 aliphatic carbocycles. The summed E-state index contributed by atoms with van der Waals surface area (Å²) in [6, 6.07) is 7.40. The fourth-order valence-electron chi connectivity index (χ4n) is 2.21. The molecule has 0 spiro atoms. The molecule has 5 unspecified atom stereocenters. The Hall–Kier alpha value is -0.900. The van der Waals surface area contributed by atoms with E-state index in [0.717, 1.165) is 5.56 Å². The zero-order valence-electron chi connectivity index (χ0n) is 12.4. The van der Waals surface area contributed by atoms with Crippen molar-refractivity contribution in [2.24, 2.45) is 0 Å². The molecule has 0 bridgehead atoms. The molecule has 3 N–H and O–H groups in total. The number of amides is 1. The molecule has 1 aliphatic heterocycles. The van der Waals surface area contributed by atoms with E-state index in [2.05, 4.69) is 34.8 Å². The van der Waals surface area contributed by atoms with E-state index in [9.17, 15) is 15.0 Å². The summed E-state index contributed by atoms with van der Waals surface area (Å²) in [7, 11) is 0. The second kappa shape index (κ2) is 7.58. The fourth-order valence-corrected chi connectivity index (χ4v) is 2.62. The van der Waals surface area contributed by atoms with Crippen molar-refractivity contribution in [3.05, 3.63) is 29.8 Å². The second-order valence-electron chi connectivity index (χ2n) is 5.38. The quantitative estimate of drug-likeness (QED) is 0.516. The van der Waals surface area contributed by atoms with Crippen LogP contribution >= 0.6 is 22.6 Å². The van der Waals surface area contributed by atoms with Crippen molar-refractivity contribution in [3.8, 4) is 0 Å². The second-order valence-corrected chi connectivity index (χ2v) is 7.25. The molecule has 0 radical (unpaired) electrons. The minimum atomic E-state index is -1.25. The first-order valence-electron chi connectivity index (χ1n) is 7.10. The summed E-state index contributed by atoms with van der Waals surface area (Å²) in [4.78, 5) is 11.9. The molecule has 22 heavy (non-hydrogen) atoms. The van der Waals surface area contributed by atoms with E-state index < -0.39 is 24.6 Å². The molecule has 0 saturated carbocycles. The Bertz CT molecular complexity index is 507. The monoisotopic (exact) mass is 421 g/mol. The van der Waals surface area contributed by atoms with E-state index in [1.165, 1.54) is 0 Å². The number of benzene rings is 1. The van der Waals surface area contributed by atoms with Crippen LogP contribution < -0.4 is 5.32 Å². The van der Waals surface area contributed by atoms with Crippen LogP contribution in [0.1, 0.15) is 29.8 Å². The van der Waals surface area contributed by atoms with Crippen molar-refractivity contribution in [3.63, 3.8) is 0 Å². The molecular formula is C15H20INO5. The zero-order valence-corrected chi connectivity index (χ0v) is 14.6. The maximum absolute atomic E-state index is 11.9. The van der Waals surface area contributed by atoms with Crippen LogP contribution in [0.3, 0.4) is 0 Å². The van der Waals surface area contributed by atoms with Crippen molar-refractivity contribution < 1.29 is 24.5 Å². The molecular weight excluding hydrogens is 401 g/mol. The Morgan fingerprint density at radius 1 is 1.41 bits per heavy atom. The van der Waals surface area contributed by atoms with E-state index in [0.29, 0.717) is 16.0 Å². The van der Waals surface area contributed by atoms with Gasteiger partial charge < -0.3 is 19.7 Å². The molecule has 1 heterocycles. The molecule has 0 aromatic heterocycles. The van der Waals surface area contributed by atoms with Crippen molar-refractivity contribution >= 4 is 34.4 Å². The lowest BCUT2D eigenvalue weighted by molar-refractivity contribution is -0.240. The smallest absolute Gasteiger partial charge is 0.414 e. The molecule has 1 aliphatic rings. The third-order valence-corrected chi connectivity index (χ3v) is 4.17. The van der Waals surface area contributed by atoms with Gasteiger partial charge in [0, 0.05) is 16.0 Å². The Morgan fingerprint density at radius 2 is 2.05 bits per heavy atom. The van der Waals surface area contributed by atoms with Gasteiger partial charge in [-0.15, -0.1) is 0 Å². The van der Waals surface area contributed by atoms with Crippen LogP contribution in [-0.4, -0.2) is 40.9 Å². The SMILES string of the molecule is CC1CC(O)C(O)C(OC(=O)Nc2ccc(C(C)I)cc2)O1. The third kappa shape index (κ3) is 4.55. The summed E-state index contributed by atoms with van der Waals surface area (Å²) >= 11 is 2.31. The van der Waals surface area contributed by atoms with Gasteiger partial charge in [-0.3, -0.25) is 5.32 Å². The summed E-state index contributed by atoms with van der Waals surface area (Å²) in [5, 5.41) is 22.0. The molecule has 1 saturated heterocycles. The standard InChI is InChI=1S/C15H20INO5/c1-8-7-12(18)13(19)14(21-8)22-15(20)17-11-5-3-10(4-6-11)9(2)16/h3-6,8-9,12-14,18-19H,7H2,1-2H3,(H,17,20). The van der Waals surface area contributed by atoms with E-state index in [-0.39, 0.29) is 6.10 Å². The maximum atomic E-state index is 11.9. The van der Waals surface area contributed by atoms with Crippen LogP contribution in [0.15, 0.2) is 24.3 Å². The topological polar surface area (TPSA) is 88.0 Å². The van der Waals surface area contributed by atoms with Crippen LogP contribution in [0, 0.1) is 0 Å². The summed E-state index contributed by atoms with van der Waals surface area (Å²) in [6.07, 6.45) is -4.11. The molecule has 5 atom stereocenters. The molecule has 1 fully saturated rings. The van der Waals surface area contributed by atoms with Crippen molar-refractivity contribution in [2.45, 2.75) is 48.8 Å². The molecule has 7 heteroatoms. The van der Waals surface area contributed by atoms with Gasteiger partial charge in [-0.2, -0.15) is 0 Å². The largest absolute Gasteiger partial charge is 0.416 e. The Labute approximate surface area is 142 Å². The highest BCUT2D eigenvalue weighted by molar-refractivity contribution is 14.1. The van der Waals surface area contributed by atoms with Gasteiger partial charge in [-0.05, 0) is 31.5 Å². The average Bonchev–Trinajstić information content (AvgIpc) is 2.44. The van der Waals surface area contributed by atoms with Crippen LogP contribution in [0.5, 0.6) is 0 Å². The predicted octanol–water partition coefficient (Wildman–Crippen LogP) is 2.59. The van der Waals surface area contributed by atoms with Crippen LogP contribution in [-0.2, 0) is 9.47 Å². The van der Waals surface area contributed by atoms with E-state index in [4.69, 9.17) is 9.47 Å². The molecule has 2 rings (SSSR count). The van der Waals surface area contributed by atoms with Crippen molar-refractivity contribution in [2.75, 3.05) is 5.32 Å². The first-order valence-corrected chi connectivity index (χ1v) is 8.34. The van der Waals surface area contributed by atoms with Gasteiger partial charge in [-0.1, -0.05) is 34.7 Å². The van der Waals surface area contributed by atoms with Gasteiger partial charge in [0.2, 0.25) is 6.29 Å².